The second-order valence-electron chi connectivity index (χ2n) is 6.90. The first-order valence-corrected chi connectivity index (χ1v) is 9.34. The third-order valence-electron chi connectivity index (χ3n) is 5.14. The maximum atomic E-state index is 13.4. The Bertz CT molecular complexity index is 956. The molecule has 2 heterocycles. The van der Waals surface area contributed by atoms with Gasteiger partial charge < -0.3 is 13.9 Å². The fraction of sp³-hybridized carbons (Fsp3) is 0.318. The normalized spacial score (nSPS) is 17.0. The van der Waals surface area contributed by atoms with E-state index in [9.17, 15) is 4.39 Å². The number of halogens is 1. The maximum Gasteiger partial charge on any atom is 0.226 e. The van der Waals surface area contributed by atoms with E-state index in [0.717, 1.165) is 36.6 Å². The molecule has 0 bridgehead atoms. The van der Waals surface area contributed by atoms with Crippen LogP contribution < -0.4 is 9.47 Å². The van der Waals surface area contributed by atoms with E-state index in [4.69, 9.17) is 13.9 Å². The van der Waals surface area contributed by atoms with Gasteiger partial charge in [-0.2, -0.15) is 0 Å². The molecule has 1 fully saturated rings. The zero-order valence-electron chi connectivity index (χ0n) is 16.0. The Labute approximate surface area is 163 Å². The number of benzene rings is 2. The average molecular weight is 382 g/mol. The maximum absolute atomic E-state index is 13.4. The standard InChI is InChI=1S/C22H23FN2O3/c1-26-20-9-8-15(12-21(20)27-2)19-7-4-10-25(19)13-18-14-28-22(24-18)16-5-3-6-17(23)11-16/h3,5-6,8-9,11-12,14,19H,4,7,10,13H2,1-2H3/t19-/m0/s1. The van der Waals surface area contributed by atoms with Crippen LogP contribution in [0.15, 0.2) is 53.1 Å². The van der Waals surface area contributed by atoms with Crippen molar-refractivity contribution in [2.75, 3.05) is 20.8 Å². The Kier molecular flexibility index (Phi) is 5.30. The summed E-state index contributed by atoms with van der Waals surface area (Å²) < 4.78 is 29.8. The molecule has 28 heavy (non-hydrogen) atoms. The van der Waals surface area contributed by atoms with Crippen LogP contribution in [-0.2, 0) is 6.54 Å². The molecule has 1 saturated heterocycles. The van der Waals surface area contributed by atoms with Gasteiger partial charge in [0.05, 0.1) is 19.9 Å². The molecule has 2 aromatic carbocycles. The van der Waals surface area contributed by atoms with Crippen molar-refractivity contribution < 1.29 is 18.3 Å². The van der Waals surface area contributed by atoms with E-state index in [0.29, 0.717) is 18.0 Å². The number of hydrogen-bond donors (Lipinski definition) is 0. The van der Waals surface area contributed by atoms with E-state index in [1.54, 1.807) is 32.6 Å². The Balaban J connectivity index is 1.52. The Morgan fingerprint density at radius 3 is 2.79 bits per heavy atom. The Hall–Kier alpha value is -2.86. The molecule has 1 aliphatic heterocycles. The Morgan fingerprint density at radius 1 is 1.14 bits per heavy atom. The van der Waals surface area contributed by atoms with Gasteiger partial charge in [0.15, 0.2) is 11.5 Å². The number of rotatable bonds is 6. The molecule has 6 heteroatoms. The Morgan fingerprint density at radius 2 is 2.00 bits per heavy atom. The zero-order chi connectivity index (χ0) is 19.5. The van der Waals surface area contributed by atoms with Crippen LogP contribution in [0.2, 0.25) is 0 Å². The number of oxazole rings is 1. The summed E-state index contributed by atoms with van der Waals surface area (Å²) in [5.41, 5.74) is 2.68. The summed E-state index contributed by atoms with van der Waals surface area (Å²) in [5, 5.41) is 0. The minimum absolute atomic E-state index is 0.286. The first-order chi connectivity index (χ1) is 13.7. The molecule has 0 unspecified atom stereocenters. The van der Waals surface area contributed by atoms with Gasteiger partial charge in [-0.05, 0) is 55.3 Å². The van der Waals surface area contributed by atoms with Crippen molar-refractivity contribution in [2.24, 2.45) is 0 Å². The zero-order valence-corrected chi connectivity index (χ0v) is 16.0. The van der Waals surface area contributed by atoms with Crippen LogP contribution >= 0.6 is 0 Å². The van der Waals surface area contributed by atoms with Crippen molar-refractivity contribution in [3.8, 4) is 23.0 Å². The van der Waals surface area contributed by atoms with Gasteiger partial charge in [0.2, 0.25) is 5.89 Å². The van der Waals surface area contributed by atoms with Gasteiger partial charge in [-0.15, -0.1) is 0 Å². The molecular formula is C22H23FN2O3. The molecule has 4 rings (SSSR count). The van der Waals surface area contributed by atoms with Gasteiger partial charge in [0.1, 0.15) is 12.1 Å². The quantitative estimate of drug-likeness (QED) is 0.611. The number of hydrogen-bond acceptors (Lipinski definition) is 5. The predicted octanol–water partition coefficient (Wildman–Crippen LogP) is 4.84. The summed E-state index contributed by atoms with van der Waals surface area (Å²) >= 11 is 0. The van der Waals surface area contributed by atoms with Gasteiger partial charge in [0.25, 0.3) is 0 Å². The lowest BCUT2D eigenvalue weighted by atomic mass is 10.0. The van der Waals surface area contributed by atoms with Crippen LogP contribution in [0, 0.1) is 5.82 Å². The summed E-state index contributed by atoms with van der Waals surface area (Å²) in [5.74, 6) is 1.61. The van der Waals surface area contributed by atoms with Crippen molar-refractivity contribution >= 4 is 0 Å². The molecule has 5 nitrogen and oxygen atoms in total. The lowest BCUT2D eigenvalue weighted by Gasteiger charge is -2.24. The molecule has 3 aromatic rings. The van der Waals surface area contributed by atoms with Crippen LogP contribution in [0.4, 0.5) is 4.39 Å². The van der Waals surface area contributed by atoms with Crippen LogP contribution in [-0.4, -0.2) is 30.6 Å². The fourth-order valence-electron chi connectivity index (χ4n) is 3.79. The minimum Gasteiger partial charge on any atom is -0.493 e. The van der Waals surface area contributed by atoms with Crippen LogP contribution in [0.5, 0.6) is 11.5 Å². The summed E-state index contributed by atoms with van der Waals surface area (Å²) in [7, 11) is 3.29. The summed E-state index contributed by atoms with van der Waals surface area (Å²) in [6, 6.07) is 12.7. The molecule has 0 amide bonds. The summed E-state index contributed by atoms with van der Waals surface area (Å²) in [4.78, 5) is 6.94. The monoisotopic (exact) mass is 382 g/mol. The molecular weight excluding hydrogens is 359 g/mol. The third kappa shape index (κ3) is 3.73. The molecule has 0 spiro atoms. The average Bonchev–Trinajstić information content (AvgIpc) is 3.37. The van der Waals surface area contributed by atoms with Crippen molar-refractivity contribution in [1.29, 1.82) is 0 Å². The van der Waals surface area contributed by atoms with E-state index >= 15 is 0 Å². The van der Waals surface area contributed by atoms with Crippen molar-refractivity contribution in [3.63, 3.8) is 0 Å². The number of aromatic nitrogens is 1. The molecule has 0 radical (unpaired) electrons. The largest absolute Gasteiger partial charge is 0.493 e. The van der Waals surface area contributed by atoms with Gasteiger partial charge in [-0.1, -0.05) is 12.1 Å². The smallest absolute Gasteiger partial charge is 0.226 e. The molecule has 0 N–H and O–H groups in total. The fourth-order valence-corrected chi connectivity index (χ4v) is 3.79. The molecule has 1 atom stereocenters. The van der Waals surface area contributed by atoms with Crippen molar-refractivity contribution in [1.82, 2.24) is 9.88 Å². The topological polar surface area (TPSA) is 47.7 Å². The first kappa shape index (κ1) is 18.5. The molecule has 146 valence electrons. The molecule has 0 saturated carbocycles. The number of ether oxygens (including phenoxy) is 2. The molecule has 1 aromatic heterocycles. The predicted molar refractivity (Wildman–Crippen MR) is 104 cm³/mol. The lowest BCUT2D eigenvalue weighted by molar-refractivity contribution is 0.244. The highest BCUT2D eigenvalue weighted by atomic mass is 19.1. The number of methoxy groups -OCH3 is 2. The van der Waals surface area contributed by atoms with E-state index in [-0.39, 0.29) is 11.9 Å². The van der Waals surface area contributed by atoms with E-state index in [2.05, 4.69) is 16.0 Å². The highest BCUT2D eigenvalue weighted by Gasteiger charge is 2.27. The summed E-state index contributed by atoms with van der Waals surface area (Å²) in [6.07, 6.45) is 3.85. The second kappa shape index (κ2) is 8.02. The van der Waals surface area contributed by atoms with Crippen molar-refractivity contribution in [2.45, 2.75) is 25.4 Å². The molecule has 1 aliphatic rings. The summed E-state index contributed by atoms with van der Waals surface area (Å²) in [6.45, 7) is 1.67. The van der Waals surface area contributed by atoms with E-state index < -0.39 is 0 Å². The van der Waals surface area contributed by atoms with E-state index in [1.807, 2.05) is 12.1 Å². The van der Waals surface area contributed by atoms with Gasteiger partial charge in [-0.25, -0.2) is 9.37 Å². The van der Waals surface area contributed by atoms with Crippen LogP contribution in [0.25, 0.3) is 11.5 Å². The minimum atomic E-state index is -0.301. The highest BCUT2D eigenvalue weighted by molar-refractivity contribution is 5.53. The van der Waals surface area contributed by atoms with Crippen molar-refractivity contribution in [3.05, 3.63) is 65.8 Å². The second-order valence-corrected chi connectivity index (χ2v) is 6.90. The van der Waals surface area contributed by atoms with Gasteiger partial charge in [-0.3, -0.25) is 4.90 Å². The molecule has 0 aliphatic carbocycles. The third-order valence-corrected chi connectivity index (χ3v) is 5.14. The SMILES string of the molecule is COc1ccc([C@@H]2CCCN2Cc2coc(-c3cccc(F)c3)n2)cc1OC. The van der Waals surface area contributed by atoms with Gasteiger partial charge >= 0.3 is 0 Å². The van der Waals surface area contributed by atoms with Crippen LogP contribution in [0.1, 0.15) is 30.1 Å². The van der Waals surface area contributed by atoms with E-state index in [1.165, 1.54) is 17.7 Å². The number of nitrogens with zero attached hydrogens (tertiary/aromatic N) is 2. The lowest BCUT2D eigenvalue weighted by Crippen LogP contribution is -2.23. The first-order valence-electron chi connectivity index (χ1n) is 9.34. The number of likely N-dealkylation sites (tertiary alicyclic amines) is 1. The van der Waals surface area contributed by atoms with Crippen LogP contribution in [0.3, 0.4) is 0 Å². The highest BCUT2D eigenvalue weighted by Crippen LogP contribution is 2.37. The van der Waals surface area contributed by atoms with Gasteiger partial charge in [0, 0.05) is 18.2 Å².